The van der Waals surface area contributed by atoms with Crippen LogP contribution < -0.4 is 5.32 Å². The van der Waals surface area contributed by atoms with Crippen LogP contribution in [0.15, 0.2) is 18.2 Å². The van der Waals surface area contributed by atoms with E-state index in [4.69, 9.17) is 4.98 Å². The Kier molecular flexibility index (Phi) is 3.05. The average Bonchev–Trinajstić information content (AvgIpc) is 2.31. The molecule has 0 unspecified atom stereocenters. The Bertz CT molecular complexity index is 592. The Hall–Kier alpha value is -1.57. The maximum atomic E-state index is 4.88. The van der Waals surface area contributed by atoms with Gasteiger partial charge < -0.3 is 5.32 Å². The van der Waals surface area contributed by atoms with Crippen molar-refractivity contribution in [3.63, 3.8) is 0 Å². The van der Waals surface area contributed by atoms with Crippen molar-refractivity contribution in [1.29, 1.82) is 0 Å². The first kappa shape index (κ1) is 12.9. The van der Waals surface area contributed by atoms with E-state index in [0.717, 1.165) is 16.9 Å². The van der Waals surface area contributed by atoms with Crippen molar-refractivity contribution in [2.45, 2.75) is 40.0 Å². The number of rotatable bonds is 1. The summed E-state index contributed by atoms with van der Waals surface area (Å²) in [6, 6.07) is 6.48. The van der Waals surface area contributed by atoms with E-state index in [1.807, 2.05) is 7.05 Å². The molecule has 0 spiro atoms. The van der Waals surface area contributed by atoms with Gasteiger partial charge in [0.15, 0.2) is 0 Å². The molecule has 0 saturated heterocycles. The van der Waals surface area contributed by atoms with Crippen LogP contribution in [-0.2, 0) is 5.41 Å². The lowest BCUT2D eigenvalue weighted by Crippen LogP contribution is -2.14. The van der Waals surface area contributed by atoms with Crippen LogP contribution in [0.1, 0.15) is 37.6 Å². The van der Waals surface area contributed by atoms with Gasteiger partial charge in [0.25, 0.3) is 0 Å². The zero-order valence-corrected chi connectivity index (χ0v) is 12.2. The molecule has 2 nitrogen and oxygen atoms in total. The van der Waals surface area contributed by atoms with Gasteiger partial charge in [0.2, 0.25) is 0 Å². The summed E-state index contributed by atoms with van der Waals surface area (Å²) in [6.07, 6.45) is 0. The molecule has 0 aliphatic rings. The van der Waals surface area contributed by atoms with E-state index in [9.17, 15) is 0 Å². The van der Waals surface area contributed by atoms with E-state index < -0.39 is 0 Å². The predicted molar refractivity (Wildman–Crippen MR) is 79.5 cm³/mol. The lowest BCUT2D eigenvalue weighted by molar-refractivity contribution is 0.571. The Balaban J connectivity index is 2.85. The van der Waals surface area contributed by atoms with Crippen LogP contribution in [0.3, 0.4) is 0 Å². The topological polar surface area (TPSA) is 24.9 Å². The summed E-state index contributed by atoms with van der Waals surface area (Å²) in [5, 5.41) is 4.49. The fourth-order valence-electron chi connectivity index (χ4n) is 2.12. The Morgan fingerprint density at radius 1 is 1.11 bits per heavy atom. The molecular formula is C16H22N2. The summed E-state index contributed by atoms with van der Waals surface area (Å²) in [5.41, 5.74) is 6.04. The van der Waals surface area contributed by atoms with E-state index in [2.05, 4.69) is 58.1 Å². The second kappa shape index (κ2) is 4.27. The minimum Gasteiger partial charge on any atom is -0.388 e. The molecule has 0 aliphatic heterocycles. The molecule has 96 valence electrons. The van der Waals surface area contributed by atoms with Gasteiger partial charge >= 0.3 is 0 Å². The molecule has 0 saturated carbocycles. The molecule has 1 aromatic heterocycles. The largest absolute Gasteiger partial charge is 0.388 e. The summed E-state index contributed by atoms with van der Waals surface area (Å²) in [6.45, 7) is 10.9. The van der Waals surface area contributed by atoms with Gasteiger partial charge in [-0.05, 0) is 31.0 Å². The minimum atomic E-state index is 0.0655. The maximum Gasteiger partial charge on any atom is 0.0758 e. The number of aromatic nitrogens is 1. The molecular weight excluding hydrogens is 220 g/mol. The predicted octanol–water partition coefficient (Wildman–Crippen LogP) is 4.19. The maximum absolute atomic E-state index is 4.88. The number of nitrogens with one attached hydrogen (secondary N) is 1. The van der Waals surface area contributed by atoms with Crippen LogP contribution in [0.4, 0.5) is 5.69 Å². The molecule has 0 atom stereocenters. The molecule has 0 aliphatic carbocycles. The first-order chi connectivity index (χ1) is 8.34. The van der Waals surface area contributed by atoms with Gasteiger partial charge in [-0.25, -0.2) is 0 Å². The Labute approximate surface area is 109 Å². The highest BCUT2D eigenvalue weighted by atomic mass is 14.8. The van der Waals surface area contributed by atoms with E-state index in [0.29, 0.717) is 0 Å². The van der Waals surface area contributed by atoms with E-state index in [1.165, 1.54) is 16.5 Å². The highest BCUT2D eigenvalue weighted by Gasteiger charge is 2.18. The second-order valence-electron chi connectivity index (χ2n) is 5.96. The van der Waals surface area contributed by atoms with Crippen molar-refractivity contribution in [3.05, 3.63) is 35.0 Å². The van der Waals surface area contributed by atoms with Crippen LogP contribution in [0.5, 0.6) is 0 Å². The van der Waals surface area contributed by atoms with Crippen LogP contribution in [-0.4, -0.2) is 12.0 Å². The summed E-state index contributed by atoms with van der Waals surface area (Å²) in [4.78, 5) is 4.88. The van der Waals surface area contributed by atoms with Crippen molar-refractivity contribution in [2.75, 3.05) is 12.4 Å². The molecule has 2 aromatic rings. The highest BCUT2D eigenvalue weighted by molar-refractivity contribution is 5.94. The number of benzene rings is 1. The van der Waals surface area contributed by atoms with E-state index in [-0.39, 0.29) is 5.41 Å². The second-order valence-corrected chi connectivity index (χ2v) is 5.96. The normalized spacial score (nSPS) is 11.9. The number of anilines is 1. The fraction of sp³-hybridized carbons (Fsp3) is 0.438. The fourth-order valence-corrected chi connectivity index (χ4v) is 2.12. The number of hydrogen-bond donors (Lipinski definition) is 1. The zero-order chi connectivity index (χ0) is 13.5. The Morgan fingerprint density at radius 3 is 2.33 bits per heavy atom. The molecule has 0 fully saturated rings. The first-order valence-electron chi connectivity index (χ1n) is 6.44. The molecule has 0 amide bonds. The number of aryl methyl sites for hydroxylation is 2. The molecule has 1 heterocycles. The van der Waals surface area contributed by atoms with Gasteiger partial charge in [-0.1, -0.05) is 32.9 Å². The molecule has 1 N–H and O–H groups in total. The summed E-state index contributed by atoms with van der Waals surface area (Å²) < 4.78 is 0. The third-order valence-electron chi connectivity index (χ3n) is 3.54. The molecule has 2 heteroatoms. The lowest BCUT2D eigenvalue weighted by Gasteiger charge is -2.21. The average molecular weight is 242 g/mol. The highest BCUT2D eigenvalue weighted by Crippen LogP contribution is 2.31. The number of hydrogen-bond acceptors (Lipinski definition) is 2. The standard InChI is InChI=1S/C16H22N2/c1-10-7-8-12-13(17-6)9-14(16(3,4)5)18-15(12)11(10)2/h7-9H,1-6H3,(H,17,18). The number of fused-ring (bicyclic) bond motifs is 1. The number of nitrogens with zero attached hydrogens (tertiary/aromatic N) is 1. The van der Waals surface area contributed by atoms with Gasteiger partial charge in [-0.2, -0.15) is 0 Å². The van der Waals surface area contributed by atoms with Crippen LogP contribution in [0, 0.1) is 13.8 Å². The number of pyridine rings is 1. The van der Waals surface area contributed by atoms with Gasteiger partial charge in [0, 0.05) is 29.2 Å². The van der Waals surface area contributed by atoms with Crippen LogP contribution in [0.2, 0.25) is 0 Å². The lowest BCUT2D eigenvalue weighted by atomic mass is 9.90. The first-order valence-corrected chi connectivity index (χ1v) is 6.44. The molecule has 0 bridgehead atoms. The third-order valence-corrected chi connectivity index (χ3v) is 3.54. The van der Waals surface area contributed by atoms with Crippen molar-refractivity contribution < 1.29 is 0 Å². The van der Waals surface area contributed by atoms with Gasteiger partial charge in [-0.3, -0.25) is 4.98 Å². The van der Waals surface area contributed by atoms with Crippen LogP contribution in [0.25, 0.3) is 10.9 Å². The van der Waals surface area contributed by atoms with E-state index >= 15 is 0 Å². The van der Waals surface area contributed by atoms with Crippen LogP contribution >= 0.6 is 0 Å². The molecule has 18 heavy (non-hydrogen) atoms. The summed E-state index contributed by atoms with van der Waals surface area (Å²) >= 11 is 0. The van der Waals surface area contributed by atoms with Gasteiger partial charge in [0.05, 0.1) is 5.52 Å². The molecule has 0 radical (unpaired) electrons. The van der Waals surface area contributed by atoms with Crippen molar-refractivity contribution in [3.8, 4) is 0 Å². The van der Waals surface area contributed by atoms with Crippen molar-refractivity contribution in [2.24, 2.45) is 0 Å². The monoisotopic (exact) mass is 242 g/mol. The van der Waals surface area contributed by atoms with Gasteiger partial charge in [-0.15, -0.1) is 0 Å². The van der Waals surface area contributed by atoms with Crippen molar-refractivity contribution in [1.82, 2.24) is 4.98 Å². The Morgan fingerprint density at radius 2 is 1.78 bits per heavy atom. The van der Waals surface area contributed by atoms with E-state index in [1.54, 1.807) is 0 Å². The third kappa shape index (κ3) is 2.07. The summed E-state index contributed by atoms with van der Waals surface area (Å²) in [7, 11) is 1.97. The minimum absolute atomic E-state index is 0.0655. The zero-order valence-electron chi connectivity index (χ0n) is 12.2. The SMILES string of the molecule is CNc1cc(C(C)(C)C)nc2c(C)c(C)ccc12. The molecule has 2 rings (SSSR count). The van der Waals surface area contributed by atoms with Crippen molar-refractivity contribution >= 4 is 16.6 Å². The quantitative estimate of drug-likeness (QED) is 0.811. The molecule has 1 aromatic carbocycles. The van der Waals surface area contributed by atoms with Gasteiger partial charge in [0.1, 0.15) is 0 Å². The smallest absolute Gasteiger partial charge is 0.0758 e. The summed E-state index contributed by atoms with van der Waals surface area (Å²) in [5.74, 6) is 0.